The maximum Gasteiger partial charge on any atom is 0.198 e. The van der Waals surface area contributed by atoms with E-state index in [9.17, 15) is 4.39 Å². The molecule has 1 saturated heterocycles. The van der Waals surface area contributed by atoms with Crippen molar-refractivity contribution < 1.29 is 4.39 Å². The van der Waals surface area contributed by atoms with Crippen molar-refractivity contribution in [3.63, 3.8) is 0 Å². The summed E-state index contributed by atoms with van der Waals surface area (Å²) in [5.74, 6) is 0.192. The van der Waals surface area contributed by atoms with Gasteiger partial charge in [0.2, 0.25) is 0 Å². The minimum Gasteiger partial charge on any atom is -0.345 e. The van der Waals surface area contributed by atoms with E-state index in [1.54, 1.807) is 17.4 Å². The van der Waals surface area contributed by atoms with Gasteiger partial charge < -0.3 is 9.80 Å². The summed E-state index contributed by atoms with van der Waals surface area (Å²) in [7, 11) is 2.14. The first kappa shape index (κ1) is 20.5. The zero-order valence-electron chi connectivity index (χ0n) is 17.9. The summed E-state index contributed by atoms with van der Waals surface area (Å²) in [5, 5.41) is 0.939. The van der Waals surface area contributed by atoms with Crippen molar-refractivity contribution >= 4 is 16.5 Å². The summed E-state index contributed by atoms with van der Waals surface area (Å²) in [6, 6.07) is 6.90. The maximum absolute atomic E-state index is 14.8. The molecule has 3 aromatic rings. The Hall–Kier alpha value is -2.38. The summed E-state index contributed by atoms with van der Waals surface area (Å²) >= 11 is 1.62. The van der Waals surface area contributed by atoms with Gasteiger partial charge in [0.05, 0.1) is 16.3 Å². The smallest absolute Gasteiger partial charge is 0.198 e. The van der Waals surface area contributed by atoms with Crippen LogP contribution in [0.25, 0.3) is 21.8 Å². The molecule has 2 aliphatic rings. The fourth-order valence-electron chi connectivity index (χ4n) is 4.64. The number of thiazole rings is 1. The van der Waals surface area contributed by atoms with Gasteiger partial charge in [-0.1, -0.05) is 42.7 Å². The molecule has 7 heteroatoms. The highest BCUT2D eigenvalue weighted by molar-refractivity contribution is 7.19. The molecule has 5 rings (SSSR count). The van der Waals surface area contributed by atoms with Gasteiger partial charge in [0.15, 0.2) is 11.5 Å². The van der Waals surface area contributed by atoms with Crippen LogP contribution < -0.4 is 4.90 Å². The molecule has 0 N–H and O–H groups in total. The van der Waals surface area contributed by atoms with Crippen LogP contribution in [0.5, 0.6) is 0 Å². The van der Waals surface area contributed by atoms with E-state index in [1.807, 2.05) is 18.3 Å². The number of aromatic nitrogens is 3. The number of rotatable bonds is 4. The Morgan fingerprint density at radius 3 is 2.58 bits per heavy atom. The van der Waals surface area contributed by atoms with Crippen LogP contribution in [-0.4, -0.2) is 53.1 Å². The van der Waals surface area contributed by atoms with Crippen molar-refractivity contribution in [2.24, 2.45) is 0 Å². The molecule has 2 aromatic heterocycles. The molecule has 0 spiro atoms. The normalized spacial score (nSPS) is 18.5. The Balaban J connectivity index is 1.62. The zero-order valence-corrected chi connectivity index (χ0v) is 18.7. The average molecular weight is 437 g/mol. The number of hydrogen-bond donors (Lipinski definition) is 0. The molecule has 0 amide bonds. The van der Waals surface area contributed by atoms with Gasteiger partial charge in [0.25, 0.3) is 0 Å². The lowest BCUT2D eigenvalue weighted by Gasteiger charge is -2.32. The van der Waals surface area contributed by atoms with Gasteiger partial charge in [0, 0.05) is 43.5 Å². The third-order valence-corrected chi connectivity index (χ3v) is 7.60. The first-order valence-electron chi connectivity index (χ1n) is 11.1. The molecule has 1 aliphatic carbocycles. The molecule has 0 unspecified atom stereocenters. The number of anilines is 1. The number of benzene rings is 1. The largest absolute Gasteiger partial charge is 0.345 e. The molecule has 2 fully saturated rings. The van der Waals surface area contributed by atoms with Gasteiger partial charge in [-0.15, -0.1) is 0 Å². The van der Waals surface area contributed by atoms with E-state index in [0.29, 0.717) is 17.2 Å². The van der Waals surface area contributed by atoms with Crippen molar-refractivity contribution in [2.75, 3.05) is 38.1 Å². The highest BCUT2D eigenvalue weighted by Gasteiger charge is 2.27. The Morgan fingerprint density at radius 2 is 1.81 bits per heavy atom. The van der Waals surface area contributed by atoms with E-state index in [-0.39, 0.29) is 5.82 Å². The van der Waals surface area contributed by atoms with Gasteiger partial charge in [0.1, 0.15) is 5.82 Å². The molecule has 0 bridgehead atoms. The monoisotopic (exact) mass is 436 g/mol. The number of likely N-dealkylation sites (N-methyl/N-ethyl adjacent to an activating group) is 1. The fourth-order valence-corrected chi connectivity index (χ4v) is 5.78. The first-order valence-corrected chi connectivity index (χ1v) is 11.9. The third-order valence-electron chi connectivity index (χ3n) is 6.48. The molecule has 1 aliphatic heterocycles. The van der Waals surface area contributed by atoms with Crippen molar-refractivity contribution in [1.29, 1.82) is 0 Å². The molecular weight excluding hydrogens is 409 g/mol. The Morgan fingerprint density at radius 1 is 1.03 bits per heavy atom. The van der Waals surface area contributed by atoms with Crippen LogP contribution in [0.3, 0.4) is 0 Å². The molecular formula is C24H27FN5S. The van der Waals surface area contributed by atoms with Crippen LogP contribution in [-0.2, 0) is 0 Å². The Bertz CT molecular complexity index is 1040. The molecule has 0 atom stereocenters. The first-order chi connectivity index (χ1) is 15.2. The second-order valence-electron chi connectivity index (χ2n) is 8.55. The Labute approximate surface area is 187 Å². The minimum absolute atomic E-state index is 0.253. The SMILES string of the molecule is CN1CCN(c2nc(-c3ccccc3F)c(-c3n[c]ncc3C3CCCCC3)s2)CC1. The van der Waals surface area contributed by atoms with E-state index in [2.05, 4.69) is 33.1 Å². The van der Waals surface area contributed by atoms with E-state index in [4.69, 9.17) is 4.98 Å². The van der Waals surface area contributed by atoms with Gasteiger partial charge >= 0.3 is 0 Å². The minimum atomic E-state index is -0.253. The second kappa shape index (κ2) is 9.01. The summed E-state index contributed by atoms with van der Waals surface area (Å²) in [5.41, 5.74) is 3.24. The molecule has 3 heterocycles. The molecule has 1 radical (unpaired) electrons. The van der Waals surface area contributed by atoms with E-state index in [1.165, 1.54) is 25.3 Å². The van der Waals surface area contributed by atoms with Gasteiger partial charge in [-0.2, -0.15) is 0 Å². The number of nitrogens with zero attached hydrogens (tertiary/aromatic N) is 5. The fraction of sp³-hybridized carbons (Fsp3) is 0.458. The molecule has 31 heavy (non-hydrogen) atoms. The quantitative estimate of drug-likeness (QED) is 0.576. The molecule has 1 aromatic carbocycles. The van der Waals surface area contributed by atoms with E-state index < -0.39 is 0 Å². The maximum atomic E-state index is 14.8. The summed E-state index contributed by atoms with van der Waals surface area (Å²) in [4.78, 5) is 19.3. The number of halogens is 1. The van der Waals surface area contributed by atoms with Crippen molar-refractivity contribution in [3.8, 4) is 21.8 Å². The van der Waals surface area contributed by atoms with E-state index in [0.717, 1.165) is 60.3 Å². The highest BCUT2D eigenvalue weighted by atomic mass is 32.1. The zero-order chi connectivity index (χ0) is 21.2. The number of hydrogen-bond acceptors (Lipinski definition) is 6. The molecule has 161 valence electrons. The van der Waals surface area contributed by atoms with Gasteiger partial charge in [-0.05, 0) is 37.9 Å². The van der Waals surface area contributed by atoms with Crippen molar-refractivity contribution in [3.05, 3.63) is 48.2 Å². The predicted octanol–water partition coefficient (Wildman–Crippen LogP) is 5.01. The van der Waals surface area contributed by atoms with Crippen LogP contribution in [0.2, 0.25) is 0 Å². The predicted molar refractivity (Wildman–Crippen MR) is 123 cm³/mol. The van der Waals surface area contributed by atoms with E-state index >= 15 is 0 Å². The lowest BCUT2D eigenvalue weighted by molar-refractivity contribution is 0.313. The lowest BCUT2D eigenvalue weighted by atomic mass is 9.83. The van der Waals surface area contributed by atoms with Crippen LogP contribution in [0, 0.1) is 12.1 Å². The third kappa shape index (κ3) is 4.21. The van der Waals surface area contributed by atoms with Gasteiger partial charge in [-0.25, -0.2) is 19.3 Å². The van der Waals surface area contributed by atoms with Crippen LogP contribution in [0.4, 0.5) is 9.52 Å². The summed E-state index contributed by atoms with van der Waals surface area (Å²) < 4.78 is 14.8. The summed E-state index contributed by atoms with van der Waals surface area (Å²) in [6.45, 7) is 3.84. The van der Waals surface area contributed by atoms with Crippen molar-refractivity contribution in [1.82, 2.24) is 19.9 Å². The second-order valence-corrected chi connectivity index (χ2v) is 9.53. The van der Waals surface area contributed by atoms with Crippen LogP contribution >= 0.6 is 11.3 Å². The Kier molecular flexibility index (Phi) is 5.96. The van der Waals surface area contributed by atoms with Crippen molar-refractivity contribution in [2.45, 2.75) is 38.0 Å². The van der Waals surface area contributed by atoms with Crippen LogP contribution in [0.1, 0.15) is 43.6 Å². The highest BCUT2D eigenvalue weighted by Crippen LogP contribution is 2.44. The molecule has 1 saturated carbocycles. The summed E-state index contributed by atoms with van der Waals surface area (Å²) in [6.07, 6.45) is 10.8. The standard InChI is InChI=1S/C24H27FN5S/c1-29-11-13-30(14-12-29)24-28-22(18-9-5-6-10-20(18)25)23(31-24)21-19(15-26-16-27-21)17-7-3-2-4-8-17/h5-6,9-10,15,17H,2-4,7-8,11-14H2,1H3. The average Bonchev–Trinajstić information content (AvgIpc) is 3.25. The van der Waals surface area contributed by atoms with Crippen LogP contribution in [0.15, 0.2) is 30.5 Å². The number of piperazine rings is 1. The lowest BCUT2D eigenvalue weighted by Crippen LogP contribution is -2.44. The molecule has 5 nitrogen and oxygen atoms in total. The van der Waals surface area contributed by atoms with Gasteiger partial charge in [-0.3, -0.25) is 0 Å². The topological polar surface area (TPSA) is 45.2 Å².